The number of hydrogen-bond donors (Lipinski definition) is 2. The third kappa shape index (κ3) is 6.33. The van der Waals surface area contributed by atoms with Crippen LogP contribution in [0.15, 0.2) is 67.3 Å². The standard InChI is InChI=1S/C15H18N2O/c1-2-3-4-5-9-12-16-15(18)17-13-14-10-7-6-8-11-14/h2-11H,1,12-13H2,(H2,16,17,18)/b4-3-,9-5+. The summed E-state index contributed by atoms with van der Waals surface area (Å²) in [6, 6.07) is 9.62. The van der Waals surface area contributed by atoms with Crippen LogP contribution in [0.4, 0.5) is 4.79 Å². The number of hydrogen-bond acceptors (Lipinski definition) is 1. The Morgan fingerprint density at radius 1 is 1.11 bits per heavy atom. The molecule has 0 radical (unpaired) electrons. The van der Waals surface area contributed by atoms with E-state index in [9.17, 15) is 4.79 Å². The fourth-order valence-corrected chi connectivity index (χ4v) is 1.28. The second-order valence-corrected chi connectivity index (χ2v) is 3.60. The van der Waals surface area contributed by atoms with Crippen LogP contribution in [-0.4, -0.2) is 12.6 Å². The first-order chi connectivity index (χ1) is 8.83. The van der Waals surface area contributed by atoms with Crippen LogP contribution in [0.5, 0.6) is 0 Å². The van der Waals surface area contributed by atoms with E-state index >= 15 is 0 Å². The highest BCUT2D eigenvalue weighted by atomic mass is 16.2. The Morgan fingerprint density at radius 2 is 1.89 bits per heavy atom. The summed E-state index contributed by atoms with van der Waals surface area (Å²) in [5, 5.41) is 5.52. The molecule has 0 bridgehead atoms. The summed E-state index contributed by atoms with van der Waals surface area (Å²) >= 11 is 0. The molecular formula is C15H18N2O. The maximum Gasteiger partial charge on any atom is 0.315 e. The molecule has 2 amide bonds. The number of urea groups is 1. The van der Waals surface area contributed by atoms with Crippen LogP contribution >= 0.6 is 0 Å². The summed E-state index contributed by atoms with van der Waals surface area (Å²) in [5.41, 5.74) is 1.08. The van der Waals surface area contributed by atoms with Gasteiger partial charge in [0.1, 0.15) is 0 Å². The van der Waals surface area contributed by atoms with Gasteiger partial charge in [0.25, 0.3) is 0 Å². The lowest BCUT2D eigenvalue weighted by Gasteiger charge is -2.05. The predicted molar refractivity (Wildman–Crippen MR) is 75.2 cm³/mol. The van der Waals surface area contributed by atoms with Gasteiger partial charge in [-0.1, -0.05) is 67.3 Å². The molecule has 0 spiro atoms. The van der Waals surface area contributed by atoms with E-state index in [-0.39, 0.29) is 6.03 Å². The topological polar surface area (TPSA) is 41.1 Å². The molecule has 1 aromatic carbocycles. The summed E-state index contributed by atoms with van der Waals surface area (Å²) in [7, 11) is 0. The fraction of sp³-hybridized carbons (Fsp3) is 0.133. The summed E-state index contributed by atoms with van der Waals surface area (Å²) in [5.74, 6) is 0. The van der Waals surface area contributed by atoms with Crippen molar-refractivity contribution in [2.24, 2.45) is 0 Å². The number of allylic oxidation sites excluding steroid dienone is 4. The molecular weight excluding hydrogens is 224 g/mol. The minimum atomic E-state index is -0.170. The Balaban J connectivity index is 2.16. The molecule has 0 fully saturated rings. The van der Waals surface area contributed by atoms with Crippen molar-refractivity contribution in [3.63, 3.8) is 0 Å². The minimum absolute atomic E-state index is 0.170. The smallest absolute Gasteiger partial charge is 0.315 e. The molecule has 2 N–H and O–H groups in total. The molecule has 94 valence electrons. The normalized spacial score (nSPS) is 10.7. The molecule has 0 saturated carbocycles. The van der Waals surface area contributed by atoms with Crippen LogP contribution in [-0.2, 0) is 6.54 Å². The summed E-state index contributed by atoms with van der Waals surface area (Å²) in [6.07, 6.45) is 9.11. The van der Waals surface area contributed by atoms with E-state index in [0.717, 1.165) is 5.56 Å². The number of benzene rings is 1. The van der Waals surface area contributed by atoms with E-state index in [1.54, 1.807) is 6.08 Å². The van der Waals surface area contributed by atoms with E-state index in [1.807, 2.05) is 54.6 Å². The lowest BCUT2D eigenvalue weighted by atomic mass is 10.2. The van der Waals surface area contributed by atoms with Crippen molar-refractivity contribution in [1.82, 2.24) is 10.6 Å². The van der Waals surface area contributed by atoms with Gasteiger partial charge in [-0.2, -0.15) is 0 Å². The van der Waals surface area contributed by atoms with Crippen LogP contribution in [0.1, 0.15) is 5.56 Å². The van der Waals surface area contributed by atoms with Crippen molar-refractivity contribution in [3.8, 4) is 0 Å². The first-order valence-electron chi connectivity index (χ1n) is 5.83. The Hall–Kier alpha value is -2.29. The molecule has 0 heterocycles. The molecule has 0 aliphatic rings. The van der Waals surface area contributed by atoms with E-state index in [4.69, 9.17) is 0 Å². The van der Waals surface area contributed by atoms with Gasteiger partial charge in [0.15, 0.2) is 0 Å². The van der Waals surface area contributed by atoms with Crippen molar-refractivity contribution in [3.05, 3.63) is 72.9 Å². The average Bonchev–Trinajstić information content (AvgIpc) is 2.41. The van der Waals surface area contributed by atoms with Crippen LogP contribution in [0.25, 0.3) is 0 Å². The zero-order valence-corrected chi connectivity index (χ0v) is 10.3. The van der Waals surface area contributed by atoms with Crippen LogP contribution in [0.3, 0.4) is 0 Å². The zero-order chi connectivity index (χ0) is 13.1. The summed E-state index contributed by atoms with van der Waals surface area (Å²) in [4.78, 5) is 11.4. The van der Waals surface area contributed by atoms with Gasteiger partial charge in [-0.15, -0.1) is 0 Å². The van der Waals surface area contributed by atoms with Gasteiger partial charge >= 0.3 is 6.03 Å². The molecule has 3 nitrogen and oxygen atoms in total. The Morgan fingerprint density at radius 3 is 2.61 bits per heavy atom. The van der Waals surface area contributed by atoms with Crippen molar-refractivity contribution in [1.29, 1.82) is 0 Å². The second-order valence-electron chi connectivity index (χ2n) is 3.60. The molecule has 0 unspecified atom stereocenters. The van der Waals surface area contributed by atoms with Gasteiger partial charge in [-0.25, -0.2) is 4.79 Å². The lowest BCUT2D eigenvalue weighted by Crippen LogP contribution is -2.34. The molecule has 0 atom stereocenters. The van der Waals surface area contributed by atoms with Crippen molar-refractivity contribution < 1.29 is 4.79 Å². The van der Waals surface area contributed by atoms with Crippen LogP contribution in [0, 0.1) is 0 Å². The third-order valence-corrected chi connectivity index (χ3v) is 2.17. The quantitative estimate of drug-likeness (QED) is 0.740. The first kappa shape index (κ1) is 13.8. The largest absolute Gasteiger partial charge is 0.335 e. The van der Waals surface area contributed by atoms with Crippen molar-refractivity contribution in [2.45, 2.75) is 6.54 Å². The molecule has 1 rings (SSSR count). The highest BCUT2D eigenvalue weighted by molar-refractivity contribution is 5.73. The monoisotopic (exact) mass is 242 g/mol. The van der Waals surface area contributed by atoms with Gasteiger partial charge in [0.2, 0.25) is 0 Å². The Kier molecular flexibility index (Phi) is 6.75. The molecule has 0 aliphatic carbocycles. The third-order valence-electron chi connectivity index (χ3n) is 2.17. The average molecular weight is 242 g/mol. The maximum atomic E-state index is 11.4. The van der Waals surface area contributed by atoms with Crippen molar-refractivity contribution in [2.75, 3.05) is 6.54 Å². The summed E-state index contributed by atoms with van der Waals surface area (Å²) < 4.78 is 0. The van der Waals surface area contributed by atoms with Gasteiger partial charge in [0, 0.05) is 13.1 Å². The number of carbonyl (C=O) groups excluding carboxylic acids is 1. The van der Waals surface area contributed by atoms with E-state index in [1.165, 1.54) is 0 Å². The molecule has 18 heavy (non-hydrogen) atoms. The molecule has 3 heteroatoms. The summed E-state index contributed by atoms with van der Waals surface area (Å²) in [6.45, 7) is 4.60. The first-order valence-corrected chi connectivity index (χ1v) is 5.83. The van der Waals surface area contributed by atoms with E-state index in [2.05, 4.69) is 17.2 Å². The Bertz CT molecular complexity index is 421. The van der Waals surface area contributed by atoms with Gasteiger partial charge in [-0.05, 0) is 5.56 Å². The Labute approximate surface area is 108 Å². The number of carbonyl (C=O) groups is 1. The lowest BCUT2D eigenvalue weighted by molar-refractivity contribution is 0.241. The van der Waals surface area contributed by atoms with Crippen LogP contribution in [0.2, 0.25) is 0 Å². The second kappa shape index (κ2) is 8.82. The molecule has 0 saturated heterocycles. The fourth-order valence-electron chi connectivity index (χ4n) is 1.28. The van der Waals surface area contributed by atoms with Gasteiger partial charge in [0.05, 0.1) is 0 Å². The van der Waals surface area contributed by atoms with Gasteiger partial charge in [-0.3, -0.25) is 0 Å². The predicted octanol–water partition coefficient (Wildman–Crippen LogP) is 2.78. The highest BCUT2D eigenvalue weighted by Gasteiger charge is 1.97. The van der Waals surface area contributed by atoms with E-state index in [0.29, 0.717) is 13.1 Å². The number of rotatable bonds is 6. The van der Waals surface area contributed by atoms with Crippen molar-refractivity contribution >= 4 is 6.03 Å². The zero-order valence-electron chi connectivity index (χ0n) is 10.3. The molecule has 0 aliphatic heterocycles. The minimum Gasteiger partial charge on any atom is -0.335 e. The number of nitrogens with one attached hydrogen (secondary N) is 2. The molecule has 1 aromatic rings. The maximum absolute atomic E-state index is 11.4. The van der Waals surface area contributed by atoms with Gasteiger partial charge < -0.3 is 10.6 Å². The van der Waals surface area contributed by atoms with E-state index < -0.39 is 0 Å². The highest BCUT2D eigenvalue weighted by Crippen LogP contribution is 1.96. The SMILES string of the molecule is C=C/C=C\C=C\CNC(=O)NCc1ccccc1. The van der Waals surface area contributed by atoms with Crippen LogP contribution < -0.4 is 10.6 Å². The molecule has 0 aromatic heterocycles. The number of amides is 2.